The van der Waals surface area contributed by atoms with Crippen LogP contribution in [0.25, 0.3) is 10.9 Å². The minimum absolute atomic E-state index is 0.309. The van der Waals surface area contributed by atoms with Crippen molar-refractivity contribution in [3.8, 4) is 0 Å². The van der Waals surface area contributed by atoms with Gasteiger partial charge in [0, 0.05) is 49.4 Å². The molecule has 5 heteroatoms. The summed E-state index contributed by atoms with van der Waals surface area (Å²) in [6, 6.07) is 8.33. The highest BCUT2D eigenvalue weighted by atomic mass is 16.2. The quantitative estimate of drug-likeness (QED) is 0.808. The van der Waals surface area contributed by atoms with Crippen LogP contribution in [0.3, 0.4) is 0 Å². The highest BCUT2D eigenvalue weighted by Crippen LogP contribution is 2.32. The number of benzene rings is 1. The molecule has 2 aromatic rings. The van der Waals surface area contributed by atoms with Crippen LogP contribution in [0.15, 0.2) is 30.5 Å². The van der Waals surface area contributed by atoms with Gasteiger partial charge in [-0.1, -0.05) is 12.1 Å². The Kier molecular flexibility index (Phi) is 2.74. The molecule has 1 unspecified atom stereocenters. The van der Waals surface area contributed by atoms with Crippen molar-refractivity contribution in [2.75, 3.05) is 30.3 Å². The smallest absolute Gasteiger partial charge is 0.223 e. The first kappa shape index (κ1) is 12.4. The van der Waals surface area contributed by atoms with Crippen molar-refractivity contribution in [1.29, 1.82) is 0 Å². The van der Waals surface area contributed by atoms with E-state index in [1.165, 1.54) is 5.69 Å². The monoisotopic (exact) mass is 282 g/mol. The Morgan fingerprint density at radius 1 is 1.24 bits per heavy atom. The fourth-order valence-corrected chi connectivity index (χ4v) is 3.54. The van der Waals surface area contributed by atoms with Gasteiger partial charge >= 0.3 is 0 Å². The number of amides is 1. The average Bonchev–Trinajstić information content (AvgIpc) is 2.88. The van der Waals surface area contributed by atoms with Gasteiger partial charge in [0.05, 0.1) is 11.2 Å². The first-order valence-electron chi connectivity index (χ1n) is 7.41. The zero-order chi connectivity index (χ0) is 14.4. The van der Waals surface area contributed by atoms with E-state index in [-0.39, 0.29) is 0 Å². The van der Waals surface area contributed by atoms with Crippen molar-refractivity contribution in [3.63, 3.8) is 0 Å². The number of para-hydroxylation sites is 1. The van der Waals surface area contributed by atoms with E-state index in [9.17, 15) is 4.79 Å². The van der Waals surface area contributed by atoms with Gasteiger partial charge in [-0.2, -0.15) is 0 Å². The number of aromatic nitrogens is 1. The molecule has 2 N–H and O–H groups in total. The molecule has 0 radical (unpaired) electrons. The second kappa shape index (κ2) is 4.62. The van der Waals surface area contributed by atoms with Gasteiger partial charge in [-0.15, -0.1) is 0 Å². The van der Waals surface area contributed by atoms with E-state index in [0.29, 0.717) is 24.1 Å². The predicted octanol–water partition coefficient (Wildman–Crippen LogP) is 1.63. The van der Waals surface area contributed by atoms with Gasteiger partial charge in [-0.3, -0.25) is 9.78 Å². The molecule has 1 aromatic heterocycles. The van der Waals surface area contributed by atoms with E-state index in [0.717, 1.165) is 37.0 Å². The lowest BCUT2D eigenvalue weighted by Gasteiger charge is -2.39. The zero-order valence-electron chi connectivity index (χ0n) is 11.8. The van der Waals surface area contributed by atoms with E-state index in [2.05, 4.69) is 16.0 Å². The fourth-order valence-electron chi connectivity index (χ4n) is 3.54. The SMILES string of the molecule is Nc1cccc2c(N3CCN4C(=O)CCC4C3)ccnc12. The lowest BCUT2D eigenvalue weighted by molar-refractivity contribution is -0.129. The number of carbonyl (C=O) groups excluding carboxylic acids is 1. The van der Waals surface area contributed by atoms with Crippen molar-refractivity contribution in [2.24, 2.45) is 0 Å². The standard InChI is InChI=1S/C16H18N4O/c17-13-3-1-2-12-14(6-7-18-16(12)13)19-8-9-20-11(10-19)4-5-15(20)21/h1-3,6-7,11H,4-5,8-10,17H2. The molecule has 2 fully saturated rings. The summed E-state index contributed by atoms with van der Waals surface area (Å²) in [5, 5.41) is 1.09. The molecule has 21 heavy (non-hydrogen) atoms. The van der Waals surface area contributed by atoms with E-state index in [1.54, 1.807) is 0 Å². The van der Waals surface area contributed by atoms with Gasteiger partial charge in [0.25, 0.3) is 0 Å². The summed E-state index contributed by atoms with van der Waals surface area (Å²) >= 11 is 0. The number of piperazine rings is 1. The molecule has 4 rings (SSSR count). The molecule has 5 nitrogen and oxygen atoms in total. The summed E-state index contributed by atoms with van der Waals surface area (Å²) < 4.78 is 0. The summed E-state index contributed by atoms with van der Waals surface area (Å²) in [7, 11) is 0. The van der Waals surface area contributed by atoms with Gasteiger partial charge in [0.15, 0.2) is 0 Å². The normalized spacial score (nSPS) is 21.9. The van der Waals surface area contributed by atoms with Crippen LogP contribution in [0, 0.1) is 0 Å². The lowest BCUT2D eigenvalue weighted by atomic mass is 10.1. The van der Waals surface area contributed by atoms with Gasteiger partial charge < -0.3 is 15.5 Å². The van der Waals surface area contributed by atoms with Crippen LogP contribution >= 0.6 is 0 Å². The minimum atomic E-state index is 0.309. The molecule has 2 aliphatic rings. The molecule has 1 amide bonds. The lowest BCUT2D eigenvalue weighted by Crippen LogP contribution is -2.51. The zero-order valence-corrected chi connectivity index (χ0v) is 11.8. The molecule has 0 spiro atoms. The number of nitrogens with two attached hydrogens (primary N) is 1. The Labute approximate surface area is 123 Å². The van der Waals surface area contributed by atoms with Crippen molar-refractivity contribution >= 4 is 28.2 Å². The third-order valence-electron chi connectivity index (χ3n) is 4.61. The van der Waals surface area contributed by atoms with Crippen LogP contribution in [0.4, 0.5) is 11.4 Å². The Morgan fingerprint density at radius 2 is 2.14 bits per heavy atom. The van der Waals surface area contributed by atoms with Crippen LogP contribution in [0.5, 0.6) is 0 Å². The van der Waals surface area contributed by atoms with E-state index >= 15 is 0 Å². The molecule has 1 aromatic carbocycles. The number of anilines is 2. The minimum Gasteiger partial charge on any atom is -0.397 e. The first-order chi connectivity index (χ1) is 10.2. The van der Waals surface area contributed by atoms with Crippen LogP contribution in [0.2, 0.25) is 0 Å². The van der Waals surface area contributed by atoms with Crippen molar-refractivity contribution in [3.05, 3.63) is 30.5 Å². The molecular formula is C16H18N4O. The van der Waals surface area contributed by atoms with Crippen LogP contribution in [-0.2, 0) is 4.79 Å². The summed E-state index contributed by atoms with van der Waals surface area (Å²) in [6.07, 6.45) is 3.49. The Bertz CT molecular complexity index is 714. The van der Waals surface area contributed by atoms with Gasteiger partial charge in [0.1, 0.15) is 0 Å². The number of rotatable bonds is 1. The summed E-state index contributed by atoms with van der Waals surface area (Å²) in [6.45, 7) is 2.59. The number of pyridine rings is 1. The number of hydrogen-bond donors (Lipinski definition) is 1. The number of fused-ring (bicyclic) bond motifs is 2. The first-order valence-corrected chi connectivity index (χ1v) is 7.41. The van der Waals surface area contributed by atoms with Gasteiger partial charge in [-0.05, 0) is 18.6 Å². The van der Waals surface area contributed by atoms with Crippen LogP contribution in [0.1, 0.15) is 12.8 Å². The molecule has 3 heterocycles. The third-order valence-corrected chi connectivity index (χ3v) is 4.61. The predicted molar refractivity (Wildman–Crippen MR) is 83.1 cm³/mol. The third kappa shape index (κ3) is 1.92. The summed E-state index contributed by atoms with van der Waals surface area (Å²) in [4.78, 5) is 20.6. The van der Waals surface area contributed by atoms with Crippen LogP contribution < -0.4 is 10.6 Å². The topological polar surface area (TPSA) is 62.5 Å². The number of nitrogen functional groups attached to an aromatic ring is 1. The van der Waals surface area contributed by atoms with Gasteiger partial charge in [-0.25, -0.2) is 0 Å². The van der Waals surface area contributed by atoms with Crippen molar-refractivity contribution in [1.82, 2.24) is 9.88 Å². The summed E-state index contributed by atoms with van der Waals surface area (Å²) in [5.41, 5.74) is 8.77. The van der Waals surface area contributed by atoms with Crippen molar-refractivity contribution < 1.29 is 4.79 Å². The second-order valence-electron chi connectivity index (χ2n) is 5.80. The highest BCUT2D eigenvalue weighted by molar-refractivity contribution is 5.98. The highest BCUT2D eigenvalue weighted by Gasteiger charge is 2.35. The Morgan fingerprint density at radius 3 is 3.05 bits per heavy atom. The summed E-state index contributed by atoms with van der Waals surface area (Å²) in [5.74, 6) is 0.309. The van der Waals surface area contributed by atoms with Gasteiger partial charge in [0.2, 0.25) is 5.91 Å². The molecule has 0 bridgehead atoms. The Hall–Kier alpha value is -2.30. The van der Waals surface area contributed by atoms with E-state index < -0.39 is 0 Å². The molecule has 108 valence electrons. The molecule has 1 atom stereocenters. The molecule has 2 saturated heterocycles. The molecule has 2 aliphatic heterocycles. The number of hydrogen-bond acceptors (Lipinski definition) is 4. The molecule has 0 saturated carbocycles. The largest absolute Gasteiger partial charge is 0.397 e. The maximum atomic E-state index is 11.8. The number of nitrogens with zero attached hydrogens (tertiary/aromatic N) is 3. The molecule has 0 aliphatic carbocycles. The molecular weight excluding hydrogens is 264 g/mol. The van der Waals surface area contributed by atoms with E-state index in [4.69, 9.17) is 5.73 Å². The maximum absolute atomic E-state index is 11.8. The van der Waals surface area contributed by atoms with Crippen LogP contribution in [-0.4, -0.2) is 41.5 Å². The average molecular weight is 282 g/mol. The number of carbonyl (C=O) groups is 1. The fraction of sp³-hybridized carbons (Fsp3) is 0.375. The van der Waals surface area contributed by atoms with E-state index in [1.807, 2.05) is 29.3 Å². The maximum Gasteiger partial charge on any atom is 0.223 e. The van der Waals surface area contributed by atoms with Crippen molar-refractivity contribution in [2.45, 2.75) is 18.9 Å². The Balaban J connectivity index is 1.71. The second-order valence-corrected chi connectivity index (χ2v) is 5.80.